The lowest BCUT2D eigenvalue weighted by molar-refractivity contribution is -0.00183. The van der Waals surface area contributed by atoms with Crippen LogP contribution in [-0.4, -0.2) is 47.5 Å². The SMILES string of the molecule is CNCC1(CN(C)c2ccc(OC)cc2)CCCOC1. The summed E-state index contributed by atoms with van der Waals surface area (Å²) in [5, 5.41) is 3.33. The van der Waals surface area contributed by atoms with E-state index in [-0.39, 0.29) is 5.41 Å². The maximum Gasteiger partial charge on any atom is 0.119 e. The monoisotopic (exact) mass is 278 g/mol. The highest BCUT2D eigenvalue weighted by atomic mass is 16.5. The van der Waals surface area contributed by atoms with Crippen molar-refractivity contribution in [3.8, 4) is 5.75 Å². The van der Waals surface area contributed by atoms with Crippen LogP contribution in [0, 0.1) is 5.41 Å². The van der Waals surface area contributed by atoms with E-state index in [0.717, 1.165) is 38.5 Å². The van der Waals surface area contributed by atoms with Crippen molar-refractivity contribution in [3.05, 3.63) is 24.3 Å². The van der Waals surface area contributed by atoms with Gasteiger partial charge in [-0.15, -0.1) is 0 Å². The molecule has 4 nitrogen and oxygen atoms in total. The minimum atomic E-state index is 0.210. The van der Waals surface area contributed by atoms with Gasteiger partial charge in [-0.2, -0.15) is 0 Å². The molecule has 112 valence electrons. The number of rotatable bonds is 6. The van der Waals surface area contributed by atoms with Gasteiger partial charge in [0.1, 0.15) is 5.75 Å². The molecule has 20 heavy (non-hydrogen) atoms. The topological polar surface area (TPSA) is 33.7 Å². The maximum atomic E-state index is 5.72. The van der Waals surface area contributed by atoms with Crippen LogP contribution in [0.3, 0.4) is 0 Å². The summed E-state index contributed by atoms with van der Waals surface area (Å²) < 4.78 is 10.9. The van der Waals surface area contributed by atoms with Crippen molar-refractivity contribution in [2.24, 2.45) is 5.41 Å². The number of hydrogen-bond donors (Lipinski definition) is 1. The van der Waals surface area contributed by atoms with E-state index >= 15 is 0 Å². The van der Waals surface area contributed by atoms with Crippen molar-refractivity contribution in [1.82, 2.24) is 5.32 Å². The summed E-state index contributed by atoms with van der Waals surface area (Å²) in [6.45, 7) is 3.74. The van der Waals surface area contributed by atoms with Crippen LogP contribution in [0.25, 0.3) is 0 Å². The van der Waals surface area contributed by atoms with Crippen LogP contribution >= 0.6 is 0 Å². The smallest absolute Gasteiger partial charge is 0.119 e. The summed E-state index contributed by atoms with van der Waals surface area (Å²) in [5.41, 5.74) is 1.42. The lowest BCUT2D eigenvalue weighted by Gasteiger charge is -2.40. The molecule has 4 heteroatoms. The third-order valence-electron chi connectivity index (χ3n) is 4.04. The first-order chi connectivity index (χ1) is 9.69. The third-order valence-corrected chi connectivity index (χ3v) is 4.04. The van der Waals surface area contributed by atoms with Crippen molar-refractivity contribution < 1.29 is 9.47 Å². The van der Waals surface area contributed by atoms with Crippen molar-refractivity contribution in [2.75, 3.05) is 52.4 Å². The molecule has 1 aliphatic rings. The van der Waals surface area contributed by atoms with Crippen LogP contribution in [0.2, 0.25) is 0 Å². The molecule has 0 aromatic heterocycles. The number of benzene rings is 1. The Hall–Kier alpha value is -1.26. The van der Waals surface area contributed by atoms with Crippen LogP contribution in [0.15, 0.2) is 24.3 Å². The predicted octanol–water partition coefficient (Wildman–Crippen LogP) is 2.15. The predicted molar refractivity (Wildman–Crippen MR) is 82.7 cm³/mol. The van der Waals surface area contributed by atoms with Gasteiger partial charge in [0.05, 0.1) is 13.7 Å². The van der Waals surface area contributed by atoms with Gasteiger partial charge in [-0.1, -0.05) is 0 Å². The summed E-state index contributed by atoms with van der Waals surface area (Å²) in [4.78, 5) is 2.31. The molecule has 0 aliphatic carbocycles. The van der Waals surface area contributed by atoms with E-state index in [4.69, 9.17) is 9.47 Å². The standard InChI is InChI=1S/C16H26N2O2/c1-17-11-16(9-4-10-20-13-16)12-18(2)14-5-7-15(19-3)8-6-14/h5-8,17H,4,9-13H2,1-3H3. The van der Waals surface area contributed by atoms with Crippen LogP contribution in [0.5, 0.6) is 5.75 Å². The van der Waals surface area contributed by atoms with Gasteiger partial charge in [0.15, 0.2) is 0 Å². The average Bonchev–Trinajstić information content (AvgIpc) is 2.48. The Morgan fingerprint density at radius 1 is 1.35 bits per heavy atom. The van der Waals surface area contributed by atoms with Crippen molar-refractivity contribution in [1.29, 1.82) is 0 Å². The summed E-state index contributed by atoms with van der Waals surface area (Å²) in [6.07, 6.45) is 2.37. The minimum Gasteiger partial charge on any atom is -0.497 e. The number of nitrogens with zero attached hydrogens (tertiary/aromatic N) is 1. The van der Waals surface area contributed by atoms with Gasteiger partial charge in [0.2, 0.25) is 0 Å². The molecule has 0 spiro atoms. The van der Waals surface area contributed by atoms with Gasteiger partial charge in [0.25, 0.3) is 0 Å². The van der Waals surface area contributed by atoms with Crippen molar-refractivity contribution >= 4 is 5.69 Å². The maximum absolute atomic E-state index is 5.72. The summed E-state index contributed by atoms with van der Waals surface area (Å²) in [7, 11) is 5.86. The first-order valence-electron chi connectivity index (χ1n) is 7.27. The van der Waals surface area contributed by atoms with Gasteiger partial charge < -0.3 is 19.7 Å². The number of anilines is 1. The molecule has 0 bridgehead atoms. The fourth-order valence-corrected chi connectivity index (χ4v) is 3.04. The van der Waals surface area contributed by atoms with Crippen molar-refractivity contribution in [2.45, 2.75) is 12.8 Å². The third kappa shape index (κ3) is 3.64. The Kier molecular flexibility index (Phi) is 5.26. The second-order valence-corrected chi connectivity index (χ2v) is 5.74. The number of methoxy groups -OCH3 is 1. The van der Waals surface area contributed by atoms with Crippen molar-refractivity contribution in [3.63, 3.8) is 0 Å². The molecule has 1 saturated heterocycles. The Bertz CT molecular complexity index is 394. The van der Waals surface area contributed by atoms with Crippen LogP contribution < -0.4 is 15.0 Å². The van der Waals surface area contributed by atoms with E-state index in [1.807, 2.05) is 19.2 Å². The van der Waals surface area contributed by atoms with E-state index in [0.29, 0.717) is 0 Å². The Balaban J connectivity index is 2.04. The molecule has 1 aliphatic heterocycles. The molecule has 1 aromatic rings. The molecular formula is C16H26N2O2. The lowest BCUT2D eigenvalue weighted by atomic mass is 9.81. The zero-order valence-electron chi connectivity index (χ0n) is 12.8. The lowest BCUT2D eigenvalue weighted by Crippen LogP contribution is -2.47. The molecule has 0 radical (unpaired) electrons. The second-order valence-electron chi connectivity index (χ2n) is 5.74. The van der Waals surface area contributed by atoms with E-state index < -0.39 is 0 Å². The molecular weight excluding hydrogens is 252 g/mol. The average molecular weight is 278 g/mol. The summed E-state index contributed by atoms with van der Waals surface area (Å²) >= 11 is 0. The Morgan fingerprint density at radius 2 is 2.10 bits per heavy atom. The number of ether oxygens (including phenoxy) is 2. The van der Waals surface area contributed by atoms with E-state index in [9.17, 15) is 0 Å². The Morgan fingerprint density at radius 3 is 2.65 bits per heavy atom. The van der Waals surface area contributed by atoms with E-state index in [1.54, 1.807) is 7.11 Å². The van der Waals surface area contributed by atoms with E-state index in [1.165, 1.54) is 12.1 Å². The van der Waals surface area contributed by atoms with Gasteiger partial charge in [-0.3, -0.25) is 0 Å². The molecule has 0 amide bonds. The molecule has 2 rings (SSSR count). The normalized spacial score (nSPS) is 22.6. The van der Waals surface area contributed by atoms with Crippen LogP contribution in [0.1, 0.15) is 12.8 Å². The molecule has 1 N–H and O–H groups in total. The first-order valence-corrected chi connectivity index (χ1v) is 7.27. The molecule has 1 aromatic carbocycles. The summed E-state index contributed by atoms with van der Waals surface area (Å²) in [6, 6.07) is 8.23. The van der Waals surface area contributed by atoms with Gasteiger partial charge in [0, 0.05) is 37.8 Å². The highest BCUT2D eigenvalue weighted by molar-refractivity contribution is 5.48. The van der Waals surface area contributed by atoms with Gasteiger partial charge >= 0.3 is 0 Å². The fourth-order valence-electron chi connectivity index (χ4n) is 3.04. The van der Waals surface area contributed by atoms with Gasteiger partial charge in [-0.05, 0) is 44.2 Å². The largest absolute Gasteiger partial charge is 0.497 e. The Labute approximate surface area is 122 Å². The van der Waals surface area contributed by atoms with Gasteiger partial charge in [-0.25, -0.2) is 0 Å². The van der Waals surface area contributed by atoms with Crippen LogP contribution in [-0.2, 0) is 4.74 Å². The number of nitrogens with one attached hydrogen (secondary N) is 1. The quantitative estimate of drug-likeness (QED) is 0.864. The van der Waals surface area contributed by atoms with Crippen LogP contribution in [0.4, 0.5) is 5.69 Å². The molecule has 1 unspecified atom stereocenters. The number of hydrogen-bond acceptors (Lipinski definition) is 4. The highest BCUT2D eigenvalue weighted by Crippen LogP contribution is 2.30. The zero-order chi connectivity index (χ0) is 14.4. The van der Waals surface area contributed by atoms with E-state index in [2.05, 4.69) is 29.4 Å². The summed E-state index contributed by atoms with van der Waals surface area (Å²) in [5.74, 6) is 0.896. The molecule has 0 saturated carbocycles. The first kappa shape index (κ1) is 15.1. The molecule has 1 heterocycles. The molecule has 1 atom stereocenters. The minimum absolute atomic E-state index is 0.210. The highest BCUT2D eigenvalue weighted by Gasteiger charge is 2.33. The fraction of sp³-hybridized carbons (Fsp3) is 0.625. The zero-order valence-corrected chi connectivity index (χ0v) is 12.8. The second kappa shape index (κ2) is 6.95. The molecule has 1 fully saturated rings.